The number of ether oxygens (including phenoxy) is 1. The second-order valence-electron chi connectivity index (χ2n) is 6.27. The first-order valence-electron chi connectivity index (χ1n) is 8.82. The fourth-order valence-corrected chi connectivity index (χ4v) is 3.75. The highest BCUT2D eigenvalue weighted by molar-refractivity contribution is 8.13. The molecule has 1 aliphatic rings. The number of ketones is 1. The number of hydrogen-bond acceptors (Lipinski definition) is 5. The molecular weight excluding hydrogens is 360 g/mol. The van der Waals surface area contributed by atoms with Crippen LogP contribution < -0.4 is 4.74 Å². The fraction of sp³-hybridized carbons (Fsp3) is 0.286. The van der Waals surface area contributed by atoms with Gasteiger partial charge in [0.25, 0.3) is 0 Å². The van der Waals surface area contributed by atoms with Crippen LogP contribution in [-0.4, -0.2) is 41.2 Å². The van der Waals surface area contributed by atoms with Gasteiger partial charge in [0.2, 0.25) is 5.91 Å². The molecule has 0 N–H and O–H groups in total. The van der Waals surface area contributed by atoms with E-state index in [1.54, 1.807) is 35.9 Å². The molecule has 0 aromatic heterocycles. The van der Waals surface area contributed by atoms with Gasteiger partial charge in [0.05, 0.1) is 19.2 Å². The maximum Gasteiger partial charge on any atom is 0.232 e. The van der Waals surface area contributed by atoms with E-state index in [1.807, 2.05) is 36.4 Å². The summed E-state index contributed by atoms with van der Waals surface area (Å²) in [6.45, 7) is 2.21. The molecule has 0 spiro atoms. The summed E-state index contributed by atoms with van der Waals surface area (Å²) < 4.78 is 5.16. The Morgan fingerprint density at radius 3 is 2.44 bits per heavy atom. The van der Waals surface area contributed by atoms with Crippen molar-refractivity contribution in [2.45, 2.75) is 19.8 Å². The van der Waals surface area contributed by atoms with Gasteiger partial charge < -0.3 is 4.74 Å². The quantitative estimate of drug-likeness (QED) is 0.731. The van der Waals surface area contributed by atoms with Gasteiger partial charge in [-0.25, -0.2) is 4.99 Å². The SMILES string of the molecule is COc1ccc(CC(=O)N2CCCSC2=Nc2ccc(C(C)=O)cc2)cc1. The second kappa shape index (κ2) is 8.86. The fourth-order valence-electron chi connectivity index (χ4n) is 2.78. The lowest BCUT2D eigenvalue weighted by molar-refractivity contribution is -0.126. The van der Waals surface area contributed by atoms with Crippen molar-refractivity contribution in [2.75, 3.05) is 19.4 Å². The summed E-state index contributed by atoms with van der Waals surface area (Å²) in [4.78, 5) is 30.6. The van der Waals surface area contributed by atoms with Gasteiger partial charge in [0.15, 0.2) is 11.0 Å². The maximum atomic E-state index is 12.8. The topological polar surface area (TPSA) is 59.0 Å². The number of amides is 1. The van der Waals surface area contributed by atoms with E-state index in [1.165, 1.54) is 6.92 Å². The molecular formula is C21H22N2O3S. The second-order valence-corrected chi connectivity index (χ2v) is 7.33. The third-order valence-electron chi connectivity index (χ3n) is 4.30. The number of benzene rings is 2. The smallest absolute Gasteiger partial charge is 0.232 e. The number of nitrogens with zero attached hydrogens (tertiary/aromatic N) is 2. The van der Waals surface area contributed by atoms with Gasteiger partial charge in [-0.15, -0.1) is 0 Å². The summed E-state index contributed by atoms with van der Waals surface area (Å²) in [6.07, 6.45) is 1.27. The molecule has 1 saturated heterocycles. The summed E-state index contributed by atoms with van der Waals surface area (Å²) in [7, 11) is 1.62. The first kappa shape index (κ1) is 19.2. The minimum atomic E-state index is 0.0255. The number of carbonyl (C=O) groups is 2. The first-order valence-corrected chi connectivity index (χ1v) is 9.81. The molecule has 0 saturated carbocycles. The third-order valence-corrected chi connectivity index (χ3v) is 5.36. The lowest BCUT2D eigenvalue weighted by Crippen LogP contribution is -2.40. The van der Waals surface area contributed by atoms with Crippen LogP contribution in [-0.2, 0) is 11.2 Å². The molecule has 1 heterocycles. The lowest BCUT2D eigenvalue weighted by atomic mass is 10.1. The Kier molecular flexibility index (Phi) is 6.29. The Morgan fingerprint density at radius 1 is 1.11 bits per heavy atom. The van der Waals surface area contributed by atoms with Crippen LogP contribution >= 0.6 is 11.8 Å². The molecule has 0 bridgehead atoms. The molecule has 3 rings (SSSR count). The molecule has 0 atom stereocenters. The minimum Gasteiger partial charge on any atom is -0.497 e. The number of carbonyl (C=O) groups excluding carboxylic acids is 2. The Balaban J connectivity index is 1.75. The van der Waals surface area contributed by atoms with Crippen LogP contribution in [0.2, 0.25) is 0 Å². The molecule has 1 fully saturated rings. The van der Waals surface area contributed by atoms with Gasteiger partial charge in [-0.1, -0.05) is 23.9 Å². The third kappa shape index (κ3) is 4.98. The number of Topliss-reactive ketones (excluding diaryl/α,β-unsaturated/α-hetero) is 1. The zero-order valence-corrected chi connectivity index (χ0v) is 16.3. The summed E-state index contributed by atoms with van der Waals surface area (Å²) in [5, 5.41) is 0.718. The van der Waals surface area contributed by atoms with Crippen LogP contribution in [0.15, 0.2) is 53.5 Å². The normalized spacial score (nSPS) is 15.6. The van der Waals surface area contributed by atoms with E-state index in [9.17, 15) is 9.59 Å². The van der Waals surface area contributed by atoms with E-state index in [4.69, 9.17) is 4.74 Å². The molecule has 6 heteroatoms. The van der Waals surface area contributed by atoms with Crippen molar-refractivity contribution < 1.29 is 14.3 Å². The van der Waals surface area contributed by atoms with Gasteiger partial charge in [-0.3, -0.25) is 14.5 Å². The number of amidine groups is 1. The standard InChI is InChI=1S/C21H22N2O3S/c1-15(24)17-6-8-18(9-7-17)22-21-23(12-3-13-27-21)20(25)14-16-4-10-19(26-2)11-5-16/h4-11H,3,12-14H2,1-2H3. The van der Waals surface area contributed by atoms with Crippen molar-refractivity contribution in [3.05, 3.63) is 59.7 Å². The zero-order chi connectivity index (χ0) is 19.2. The zero-order valence-electron chi connectivity index (χ0n) is 15.5. The van der Waals surface area contributed by atoms with E-state index in [0.29, 0.717) is 18.5 Å². The van der Waals surface area contributed by atoms with Crippen molar-refractivity contribution >= 4 is 34.3 Å². The number of thioether (sulfide) groups is 1. The lowest BCUT2D eigenvalue weighted by Gasteiger charge is -2.28. The molecule has 0 aliphatic carbocycles. The number of methoxy groups -OCH3 is 1. The van der Waals surface area contributed by atoms with E-state index in [2.05, 4.69) is 4.99 Å². The number of rotatable bonds is 5. The molecule has 0 radical (unpaired) electrons. The minimum absolute atomic E-state index is 0.0255. The van der Waals surface area contributed by atoms with Crippen molar-refractivity contribution in [3.8, 4) is 5.75 Å². The summed E-state index contributed by atoms with van der Waals surface area (Å²) in [5.74, 6) is 1.77. The van der Waals surface area contributed by atoms with Crippen LogP contribution in [0, 0.1) is 0 Å². The summed E-state index contributed by atoms with van der Waals surface area (Å²) >= 11 is 1.59. The van der Waals surface area contributed by atoms with Crippen LogP contribution in [0.25, 0.3) is 0 Å². The molecule has 1 amide bonds. The molecule has 0 unspecified atom stereocenters. The highest BCUT2D eigenvalue weighted by Gasteiger charge is 2.23. The Hall–Kier alpha value is -2.60. The van der Waals surface area contributed by atoms with Crippen LogP contribution in [0.5, 0.6) is 5.75 Å². The van der Waals surface area contributed by atoms with Gasteiger partial charge in [0, 0.05) is 17.9 Å². The Labute approximate surface area is 163 Å². The van der Waals surface area contributed by atoms with E-state index >= 15 is 0 Å². The van der Waals surface area contributed by atoms with Crippen LogP contribution in [0.3, 0.4) is 0 Å². The molecule has 2 aromatic carbocycles. The van der Waals surface area contributed by atoms with Crippen LogP contribution in [0.1, 0.15) is 29.3 Å². The van der Waals surface area contributed by atoms with Crippen molar-refractivity contribution in [2.24, 2.45) is 4.99 Å². The highest BCUT2D eigenvalue weighted by Crippen LogP contribution is 2.24. The summed E-state index contributed by atoms with van der Waals surface area (Å²) in [5.41, 5.74) is 2.34. The molecule has 27 heavy (non-hydrogen) atoms. The summed E-state index contributed by atoms with van der Waals surface area (Å²) in [6, 6.07) is 14.7. The molecule has 1 aliphatic heterocycles. The molecule has 5 nitrogen and oxygen atoms in total. The molecule has 2 aromatic rings. The predicted molar refractivity (Wildman–Crippen MR) is 109 cm³/mol. The number of aliphatic imine (C=N–C) groups is 1. The van der Waals surface area contributed by atoms with Crippen LogP contribution in [0.4, 0.5) is 5.69 Å². The van der Waals surface area contributed by atoms with Gasteiger partial charge in [-0.05, 0) is 55.3 Å². The number of hydrogen-bond donors (Lipinski definition) is 0. The van der Waals surface area contributed by atoms with E-state index in [-0.39, 0.29) is 11.7 Å². The predicted octanol–water partition coefficient (Wildman–Crippen LogP) is 4.09. The Morgan fingerprint density at radius 2 is 1.81 bits per heavy atom. The average molecular weight is 382 g/mol. The van der Waals surface area contributed by atoms with E-state index < -0.39 is 0 Å². The highest BCUT2D eigenvalue weighted by atomic mass is 32.2. The maximum absolute atomic E-state index is 12.8. The first-order chi connectivity index (χ1) is 13.1. The van der Waals surface area contributed by atoms with Gasteiger partial charge in [0.1, 0.15) is 5.75 Å². The van der Waals surface area contributed by atoms with E-state index in [0.717, 1.165) is 34.3 Å². The van der Waals surface area contributed by atoms with Gasteiger partial charge >= 0.3 is 0 Å². The largest absolute Gasteiger partial charge is 0.497 e. The van der Waals surface area contributed by atoms with Crippen molar-refractivity contribution in [1.29, 1.82) is 0 Å². The molecule has 140 valence electrons. The monoisotopic (exact) mass is 382 g/mol. The van der Waals surface area contributed by atoms with Crippen molar-refractivity contribution in [1.82, 2.24) is 4.90 Å². The van der Waals surface area contributed by atoms with Crippen molar-refractivity contribution in [3.63, 3.8) is 0 Å². The average Bonchev–Trinajstić information content (AvgIpc) is 2.69. The Bertz CT molecular complexity index is 845. The van der Waals surface area contributed by atoms with Gasteiger partial charge in [-0.2, -0.15) is 0 Å².